The summed E-state index contributed by atoms with van der Waals surface area (Å²) < 4.78 is 0. The fraction of sp³-hybridized carbons (Fsp3) is 0.900. The van der Waals surface area contributed by atoms with Gasteiger partial charge in [0, 0.05) is 0 Å². The summed E-state index contributed by atoms with van der Waals surface area (Å²) in [6.07, 6.45) is 50.9. The number of unbranched alkanes of at least 4 members (excludes halogenated alkanes) is 24. The van der Waals surface area contributed by atoms with Gasteiger partial charge in [0.15, 0.2) is 0 Å². The van der Waals surface area contributed by atoms with Gasteiger partial charge in [-0.15, -0.1) is 0 Å². The van der Waals surface area contributed by atoms with Crippen molar-refractivity contribution >= 4 is 0 Å². The molecule has 0 amide bonds. The van der Waals surface area contributed by atoms with Crippen molar-refractivity contribution in [1.82, 2.24) is 0 Å². The fourth-order valence-corrected chi connectivity index (χ4v) is 6.37. The molecule has 0 saturated carbocycles. The first-order valence-corrected chi connectivity index (χ1v) is 19.5. The van der Waals surface area contributed by atoms with Crippen molar-refractivity contribution < 1.29 is 0 Å². The Morgan fingerprint density at radius 1 is 0.405 bits per heavy atom. The van der Waals surface area contributed by atoms with Gasteiger partial charge in [0.2, 0.25) is 0 Å². The van der Waals surface area contributed by atoms with E-state index in [1.807, 2.05) is 0 Å². The highest BCUT2D eigenvalue weighted by atomic mass is 15.0. The molecule has 0 aromatic heterocycles. The Labute approximate surface area is 266 Å². The third-order valence-electron chi connectivity index (χ3n) is 9.44. The molecule has 0 aliphatic rings. The zero-order valence-electron chi connectivity index (χ0n) is 29.5. The Hall–Kier alpha value is -0.600. The predicted molar refractivity (Wildman–Crippen MR) is 193 cm³/mol. The van der Waals surface area contributed by atoms with E-state index in [1.165, 1.54) is 186 Å². The topological polar surface area (TPSA) is 52.0 Å². The molecule has 42 heavy (non-hydrogen) atoms. The highest BCUT2D eigenvalue weighted by Gasteiger charge is 2.28. The summed E-state index contributed by atoms with van der Waals surface area (Å²) in [5, 5.41) is 0. The van der Waals surface area contributed by atoms with E-state index in [0.29, 0.717) is 5.92 Å². The molecule has 0 aliphatic heterocycles. The van der Waals surface area contributed by atoms with Crippen molar-refractivity contribution in [3.63, 3.8) is 0 Å². The van der Waals surface area contributed by atoms with Crippen molar-refractivity contribution in [2.75, 3.05) is 0 Å². The van der Waals surface area contributed by atoms with E-state index in [4.69, 9.17) is 11.5 Å². The molecule has 0 aromatic carbocycles. The van der Waals surface area contributed by atoms with Gasteiger partial charge in [-0.3, -0.25) is 0 Å². The Morgan fingerprint density at radius 3 is 1.07 bits per heavy atom. The number of rotatable bonds is 34. The monoisotopic (exact) mass is 589 g/mol. The molecule has 2 heteroatoms. The van der Waals surface area contributed by atoms with Gasteiger partial charge < -0.3 is 11.5 Å². The standard InChI is InChI=1S/C40H80N2/c1-4-7-9-11-13-15-17-19-21-23-25-27-29-31-33-35-37-39(6-3)40(41,42)38-36-34-32-30-28-26-24-22-20-18-16-14-12-10-8-5-2/h19-22,39H,4-18,23-38,41-42H2,1-3H3. The van der Waals surface area contributed by atoms with Crippen molar-refractivity contribution in [3.8, 4) is 0 Å². The molecular weight excluding hydrogens is 508 g/mol. The second-order valence-electron chi connectivity index (χ2n) is 13.6. The van der Waals surface area contributed by atoms with Crippen LogP contribution in [0, 0.1) is 5.92 Å². The maximum Gasteiger partial charge on any atom is 0.0665 e. The first-order chi connectivity index (χ1) is 20.6. The zero-order valence-corrected chi connectivity index (χ0v) is 29.5. The van der Waals surface area contributed by atoms with Crippen LogP contribution in [0.1, 0.15) is 220 Å². The fourth-order valence-electron chi connectivity index (χ4n) is 6.37. The molecular formula is C40H80N2. The quantitative estimate of drug-likeness (QED) is 0.0446. The van der Waals surface area contributed by atoms with Crippen LogP contribution in [0.2, 0.25) is 0 Å². The average Bonchev–Trinajstić information content (AvgIpc) is 2.98. The lowest BCUT2D eigenvalue weighted by molar-refractivity contribution is 0.225. The van der Waals surface area contributed by atoms with Gasteiger partial charge in [0.05, 0.1) is 5.66 Å². The second kappa shape index (κ2) is 33.3. The van der Waals surface area contributed by atoms with Crippen LogP contribution in [0.4, 0.5) is 0 Å². The van der Waals surface area contributed by atoms with Crippen LogP contribution in [0.15, 0.2) is 24.3 Å². The maximum atomic E-state index is 6.66. The molecule has 1 atom stereocenters. The van der Waals surface area contributed by atoms with Gasteiger partial charge in [0.1, 0.15) is 0 Å². The number of hydrogen-bond acceptors (Lipinski definition) is 2. The van der Waals surface area contributed by atoms with Crippen molar-refractivity contribution in [1.29, 1.82) is 0 Å². The van der Waals surface area contributed by atoms with Gasteiger partial charge in [0.25, 0.3) is 0 Å². The van der Waals surface area contributed by atoms with Gasteiger partial charge in [-0.2, -0.15) is 0 Å². The van der Waals surface area contributed by atoms with Crippen molar-refractivity contribution in [2.24, 2.45) is 17.4 Å². The van der Waals surface area contributed by atoms with Crippen LogP contribution in [-0.2, 0) is 0 Å². The predicted octanol–water partition coefficient (Wildman–Crippen LogP) is 13.5. The molecule has 0 spiro atoms. The van der Waals surface area contributed by atoms with E-state index >= 15 is 0 Å². The Morgan fingerprint density at radius 2 is 0.714 bits per heavy atom. The third-order valence-corrected chi connectivity index (χ3v) is 9.44. The number of nitrogens with two attached hydrogens (primary N) is 2. The smallest absolute Gasteiger partial charge is 0.0665 e. The van der Waals surface area contributed by atoms with Crippen LogP contribution < -0.4 is 11.5 Å². The summed E-state index contributed by atoms with van der Waals surface area (Å²) in [7, 11) is 0. The van der Waals surface area contributed by atoms with Crippen LogP contribution in [0.5, 0.6) is 0 Å². The summed E-state index contributed by atoms with van der Waals surface area (Å²) in [4.78, 5) is 0. The van der Waals surface area contributed by atoms with E-state index in [2.05, 4.69) is 45.1 Å². The van der Waals surface area contributed by atoms with Gasteiger partial charge in [-0.1, -0.05) is 180 Å². The Kier molecular flexibility index (Phi) is 32.8. The SMILES string of the molecule is CCCCCCCCC=CCCCCCCCCC(CC)C(N)(N)CCCCCCCCC=CCCCCCCCC. The first kappa shape index (κ1) is 41.4. The van der Waals surface area contributed by atoms with E-state index in [-0.39, 0.29) is 0 Å². The lowest BCUT2D eigenvalue weighted by Crippen LogP contribution is -2.55. The summed E-state index contributed by atoms with van der Waals surface area (Å²) in [5.74, 6) is 0.470. The molecule has 0 aromatic rings. The van der Waals surface area contributed by atoms with Gasteiger partial charge in [-0.05, 0) is 70.1 Å². The molecule has 4 N–H and O–H groups in total. The molecule has 250 valence electrons. The van der Waals surface area contributed by atoms with Crippen LogP contribution in [0.25, 0.3) is 0 Å². The summed E-state index contributed by atoms with van der Waals surface area (Å²) in [6, 6.07) is 0. The first-order valence-electron chi connectivity index (χ1n) is 19.5. The molecule has 0 rings (SSSR count). The molecule has 0 radical (unpaired) electrons. The largest absolute Gasteiger partial charge is 0.313 e. The summed E-state index contributed by atoms with van der Waals surface area (Å²) in [6.45, 7) is 6.86. The molecule has 1 unspecified atom stereocenters. The molecule has 2 nitrogen and oxygen atoms in total. The zero-order chi connectivity index (χ0) is 30.8. The van der Waals surface area contributed by atoms with Gasteiger partial charge >= 0.3 is 0 Å². The van der Waals surface area contributed by atoms with Crippen LogP contribution >= 0.6 is 0 Å². The minimum absolute atomic E-state index is 0.470. The maximum absolute atomic E-state index is 6.66. The molecule has 0 saturated heterocycles. The molecule has 0 heterocycles. The van der Waals surface area contributed by atoms with Crippen molar-refractivity contribution in [2.45, 2.75) is 225 Å². The van der Waals surface area contributed by atoms with E-state index in [1.54, 1.807) is 0 Å². The second-order valence-corrected chi connectivity index (χ2v) is 13.6. The third kappa shape index (κ3) is 29.5. The van der Waals surface area contributed by atoms with E-state index < -0.39 is 5.66 Å². The number of allylic oxidation sites excluding steroid dienone is 4. The minimum Gasteiger partial charge on any atom is -0.313 e. The average molecular weight is 589 g/mol. The highest BCUT2D eigenvalue weighted by molar-refractivity contribution is 4.85. The lowest BCUT2D eigenvalue weighted by Gasteiger charge is -2.34. The number of hydrogen-bond donors (Lipinski definition) is 2. The van der Waals surface area contributed by atoms with Crippen LogP contribution in [-0.4, -0.2) is 5.66 Å². The van der Waals surface area contributed by atoms with Crippen LogP contribution in [0.3, 0.4) is 0 Å². The summed E-state index contributed by atoms with van der Waals surface area (Å²) in [5.41, 5.74) is 12.8. The van der Waals surface area contributed by atoms with Gasteiger partial charge in [-0.25, -0.2) is 0 Å². The summed E-state index contributed by atoms with van der Waals surface area (Å²) >= 11 is 0. The molecule has 0 bridgehead atoms. The molecule has 0 fully saturated rings. The van der Waals surface area contributed by atoms with E-state index in [9.17, 15) is 0 Å². The van der Waals surface area contributed by atoms with E-state index in [0.717, 1.165) is 12.8 Å². The Bertz CT molecular complexity index is 564. The van der Waals surface area contributed by atoms with Crippen molar-refractivity contribution in [3.05, 3.63) is 24.3 Å². The minimum atomic E-state index is -0.475. The highest BCUT2D eigenvalue weighted by Crippen LogP contribution is 2.26. The molecule has 0 aliphatic carbocycles. The Balaban J connectivity index is 3.60. The normalized spacial score (nSPS) is 13.2. The lowest BCUT2D eigenvalue weighted by atomic mass is 9.83.